The number of likely N-dealkylation sites (tertiary alicyclic amines) is 1. The molecule has 0 saturated carbocycles. The van der Waals surface area contributed by atoms with Crippen LogP contribution in [0.15, 0.2) is 29.8 Å². The molecule has 1 aromatic carbocycles. The van der Waals surface area contributed by atoms with E-state index in [9.17, 15) is 9.90 Å². The molecule has 2 fully saturated rings. The zero-order valence-electron chi connectivity index (χ0n) is 21.6. The van der Waals surface area contributed by atoms with Crippen LogP contribution in [-0.4, -0.2) is 47.0 Å². The molecule has 0 aromatic heterocycles. The number of phenols is 1. The molecule has 0 radical (unpaired) electrons. The molecular formula is C28H41NO5. The summed E-state index contributed by atoms with van der Waals surface area (Å²) >= 11 is 0. The van der Waals surface area contributed by atoms with Gasteiger partial charge in [0.25, 0.3) is 0 Å². The fourth-order valence-corrected chi connectivity index (χ4v) is 5.89. The van der Waals surface area contributed by atoms with Crippen molar-refractivity contribution in [1.29, 1.82) is 0 Å². The van der Waals surface area contributed by atoms with Gasteiger partial charge in [0.15, 0.2) is 0 Å². The first-order valence-corrected chi connectivity index (χ1v) is 12.6. The Kier molecular flexibility index (Phi) is 6.67. The van der Waals surface area contributed by atoms with E-state index >= 15 is 0 Å². The van der Waals surface area contributed by atoms with Crippen molar-refractivity contribution in [3.63, 3.8) is 0 Å². The van der Waals surface area contributed by atoms with E-state index < -0.39 is 11.2 Å². The smallest absolute Gasteiger partial charge is 0.410 e. The van der Waals surface area contributed by atoms with E-state index in [1.54, 1.807) is 12.1 Å². The van der Waals surface area contributed by atoms with Crippen LogP contribution in [-0.2, 0) is 9.47 Å². The van der Waals surface area contributed by atoms with Crippen LogP contribution in [0.2, 0.25) is 0 Å². The topological polar surface area (TPSA) is 68.2 Å². The van der Waals surface area contributed by atoms with Crippen molar-refractivity contribution in [3.05, 3.63) is 35.4 Å². The number of phenolic OH excluding ortho intramolecular Hbond substituents is 1. The Morgan fingerprint density at radius 1 is 1.32 bits per heavy atom. The molecular weight excluding hydrogens is 430 g/mol. The summed E-state index contributed by atoms with van der Waals surface area (Å²) in [5.41, 5.74) is 1.26. The van der Waals surface area contributed by atoms with Crippen LogP contribution < -0.4 is 4.74 Å². The van der Waals surface area contributed by atoms with Crippen molar-refractivity contribution in [2.45, 2.75) is 91.0 Å². The number of benzene rings is 1. The zero-order chi connectivity index (χ0) is 24.7. The molecule has 3 heterocycles. The summed E-state index contributed by atoms with van der Waals surface area (Å²) < 4.78 is 19.0. The summed E-state index contributed by atoms with van der Waals surface area (Å²) in [6.45, 7) is 14.1. The minimum absolute atomic E-state index is 0.0800. The standard InChI is InChI=1S/C28H41NO5/c1-19(2)9-7-12-27(6)22-16-28(13-8-14-29(17-28)25(31)34-26(3,4)5)18-32-24(22)21-11-10-20(30)15-23(21)33-27/h9-11,15,22,24,30H,7-8,12-14,16-18H2,1-6H3/t22-,24+,27+,28+/m0/s1. The van der Waals surface area contributed by atoms with Gasteiger partial charge in [-0.2, -0.15) is 0 Å². The van der Waals surface area contributed by atoms with E-state index in [0.717, 1.165) is 50.0 Å². The first-order valence-electron chi connectivity index (χ1n) is 12.6. The van der Waals surface area contributed by atoms with Crippen LogP contribution in [0.5, 0.6) is 11.5 Å². The lowest BCUT2D eigenvalue weighted by atomic mass is 9.64. The SMILES string of the molecule is CC(C)=CCC[C@@]1(C)Oc2cc(O)ccc2[C@H]2OC[C@]3(CCCN(C(=O)OC(C)(C)C)C3)C[C@@H]21. The van der Waals surface area contributed by atoms with Gasteiger partial charge < -0.3 is 24.2 Å². The number of amides is 1. The number of nitrogens with zero attached hydrogens (tertiary/aromatic N) is 1. The maximum absolute atomic E-state index is 12.9. The van der Waals surface area contributed by atoms with Gasteiger partial charge in [-0.15, -0.1) is 0 Å². The molecule has 2 saturated heterocycles. The number of allylic oxidation sites excluding steroid dienone is 2. The summed E-state index contributed by atoms with van der Waals surface area (Å²) in [6.07, 6.45) is 6.64. The van der Waals surface area contributed by atoms with Crippen molar-refractivity contribution in [2.24, 2.45) is 11.3 Å². The van der Waals surface area contributed by atoms with Crippen molar-refractivity contribution < 1.29 is 24.1 Å². The lowest BCUT2D eigenvalue weighted by Crippen LogP contribution is -2.57. The zero-order valence-corrected chi connectivity index (χ0v) is 21.6. The minimum atomic E-state index is -0.508. The molecule has 6 nitrogen and oxygen atoms in total. The molecule has 4 rings (SSSR count). The molecule has 4 atom stereocenters. The third-order valence-electron chi connectivity index (χ3n) is 7.53. The molecule has 1 N–H and O–H groups in total. The van der Waals surface area contributed by atoms with E-state index in [0.29, 0.717) is 13.2 Å². The minimum Gasteiger partial charge on any atom is -0.508 e. The maximum atomic E-state index is 12.9. The van der Waals surface area contributed by atoms with Crippen molar-refractivity contribution >= 4 is 6.09 Å². The lowest BCUT2D eigenvalue weighted by Gasteiger charge is -2.55. The Hall–Kier alpha value is -2.21. The molecule has 34 heavy (non-hydrogen) atoms. The summed E-state index contributed by atoms with van der Waals surface area (Å²) in [7, 11) is 0. The molecule has 3 aliphatic rings. The highest BCUT2D eigenvalue weighted by atomic mass is 16.6. The first-order chi connectivity index (χ1) is 15.9. The molecule has 3 aliphatic heterocycles. The van der Waals surface area contributed by atoms with E-state index in [1.807, 2.05) is 31.7 Å². The number of hydrogen-bond donors (Lipinski definition) is 1. The predicted molar refractivity (Wildman–Crippen MR) is 132 cm³/mol. The fraction of sp³-hybridized carbons (Fsp3) is 0.679. The number of rotatable bonds is 3. The Morgan fingerprint density at radius 2 is 2.09 bits per heavy atom. The number of fused-ring (bicyclic) bond motifs is 3. The average molecular weight is 472 g/mol. The molecule has 6 heteroatoms. The van der Waals surface area contributed by atoms with Gasteiger partial charge in [0, 0.05) is 36.1 Å². The summed E-state index contributed by atoms with van der Waals surface area (Å²) in [5.74, 6) is 1.08. The molecule has 0 aliphatic carbocycles. The molecule has 188 valence electrons. The van der Waals surface area contributed by atoms with Crippen LogP contribution >= 0.6 is 0 Å². The van der Waals surface area contributed by atoms with Gasteiger partial charge in [0.1, 0.15) is 22.7 Å². The van der Waals surface area contributed by atoms with Gasteiger partial charge in [0.05, 0.1) is 12.7 Å². The van der Waals surface area contributed by atoms with Crippen LogP contribution in [0.3, 0.4) is 0 Å². The highest BCUT2D eigenvalue weighted by Gasteiger charge is 2.55. The third-order valence-corrected chi connectivity index (χ3v) is 7.53. The van der Waals surface area contributed by atoms with E-state index in [2.05, 4.69) is 26.8 Å². The van der Waals surface area contributed by atoms with Gasteiger partial charge in [-0.3, -0.25) is 0 Å². The highest BCUT2D eigenvalue weighted by molar-refractivity contribution is 5.68. The molecule has 1 spiro atoms. The normalized spacial score (nSPS) is 30.7. The second-order valence-corrected chi connectivity index (χ2v) is 12.0. The van der Waals surface area contributed by atoms with Gasteiger partial charge in [-0.1, -0.05) is 11.6 Å². The van der Waals surface area contributed by atoms with Gasteiger partial charge in [-0.25, -0.2) is 4.79 Å². The number of piperidine rings is 1. The average Bonchev–Trinajstić information content (AvgIpc) is 2.72. The van der Waals surface area contributed by atoms with Crippen LogP contribution in [0.1, 0.15) is 85.3 Å². The number of carbonyl (C=O) groups excluding carboxylic acids is 1. The van der Waals surface area contributed by atoms with Gasteiger partial charge in [0.2, 0.25) is 0 Å². The Labute approximate surface area is 204 Å². The number of ether oxygens (including phenoxy) is 3. The van der Waals surface area contributed by atoms with Crippen LogP contribution in [0.25, 0.3) is 0 Å². The molecule has 0 unspecified atom stereocenters. The lowest BCUT2D eigenvalue weighted by molar-refractivity contribution is -0.180. The quantitative estimate of drug-likeness (QED) is 0.518. The van der Waals surface area contributed by atoms with Crippen LogP contribution in [0, 0.1) is 11.3 Å². The molecule has 0 bridgehead atoms. The Bertz CT molecular complexity index is 947. The van der Waals surface area contributed by atoms with Crippen molar-refractivity contribution in [1.82, 2.24) is 4.90 Å². The molecule has 1 aromatic rings. The third kappa shape index (κ3) is 5.22. The van der Waals surface area contributed by atoms with E-state index in [-0.39, 0.29) is 29.3 Å². The number of carbonyl (C=O) groups is 1. The molecule has 1 amide bonds. The number of hydrogen-bond acceptors (Lipinski definition) is 5. The second-order valence-electron chi connectivity index (χ2n) is 12.0. The summed E-state index contributed by atoms with van der Waals surface area (Å²) in [5, 5.41) is 10.1. The highest BCUT2D eigenvalue weighted by Crippen LogP contribution is 2.56. The second kappa shape index (κ2) is 9.10. The van der Waals surface area contributed by atoms with Gasteiger partial charge in [-0.05, 0) is 85.8 Å². The summed E-state index contributed by atoms with van der Waals surface area (Å²) in [4.78, 5) is 14.7. The van der Waals surface area contributed by atoms with Crippen molar-refractivity contribution in [3.8, 4) is 11.5 Å². The Morgan fingerprint density at radius 3 is 2.79 bits per heavy atom. The fourth-order valence-electron chi connectivity index (χ4n) is 5.89. The summed E-state index contributed by atoms with van der Waals surface area (Å²) in [6, 6.07) is 5.36. The van der Waals surface area contributed by atoms with E-state index in [4.69, 9.17) is 14.2 Å². The largest absolute Gasteiger partial charge is 0.508 e. The Balaban J connectivity index is 1.60. The monoisotopic (exact) mass is 471 g/mol. The predicted octanol–water partition coefficient (Wildman–Crippen LogP) is 6.38. The van der Waals surface area contributed by atoms with Crippen LogP contribution in [0.4, 0.5) is 4.79 Å². The number of aromatic hydroxyl groups is 1. The van der Waals surface area contributed by atoms with E-state index in [1.165, 1.54) is 5.57 Å². The maximum Gasteiger partial charge on any atom is 0.410 e. The first kappa shape index (κ1) is 24.9. The van der Waals surface area contributed by atoms with Crippen molar-refractivity contribution in [2.75, 3.05) is 19.7 Å². The van der Waals surface area contributed by atoms with Gasteiger partial charge >= 0.3 is 6.09 Å².